The fraction of sp³-hybridized carbons (Fsp3) is 0.571. The molecule has 1 aromatic carbocycles. The van der Waals surface area contributed by atoms with Crippen molar-refractivity contribution in [3.63, 3.8) is 0 Å². The van der Waals surface area contributed by atoms with Crippen molar-refractivity contribution in [3.8, 4) is 0 Å². The molecule has 0 aromatic heterocycles. The molecule has 1 unspecified atom stereocenters. The number of nitrogens with zero attached hydrogens (tertiary/aromatic N) is 1. The summed E-state index contributed by atoms with van der Waals surface area (Å²) in [4.78, 5) is 2.52. The fourth-order valence-corrected chi connectivity index (χ4v) is 2.74. The van der Waals surface area contributed by atoms with Crippen molar-refractivity contribution < 1.29 is 0 Å². The van der Waals surface area contributed by atoms with Gasteiger partial charge in [0.25, 0.3) is 0 Å². The van der Waals surface area contributed by atoms with Crippen LogP contribution in [0.25, 0.3) is 0 Å². The minimum Gasteiger partial charge on any atom is -0.330 e. The summed E-state index contributed by atoms with van der Waals surface area (Å²) in [6, 6.07) is 8.09. The highest BCUT2D eigenvalue weighted by molar-refractivity contribution is 6.31. The second-order valence-electron chi connectivity index (χ2n) is 4.90. The van der Waals surface area contributed by atoms with Crippen molar-refractivity contribution in [2.45, 2.75) is 19.3 Å². The van der Waals surface area contributed by atoms with Crippen molar-refractivity contribution in [3.05, 3.63) is 34.9 Å². The molecule has 0 bridgehead atoms. The lowest BCUT2D eigenvalue weighted by Crippen LogP contribution is -2.32. The van der Waals surface area contributed by atoms with Crippen LogP contribution in [0.4, 0.5) is 0 Å². The molecule has 1 saturated heterocycles. The van der Waals surface area contributed by atoms with Crippen LogP contribution in [-0.4, -0.2) is 31.1 Å². The lowest BCUT2D eigenvalue weighted by molar-refractivity contribution is 0.279. The van der Waals surface area contributed by atoms with Crippen molar-refractivity contribution in [1.29, 1.82) is 0 Å². The first-order valence-electron chi connectivity index (χ1n) is 6.45. The van der Waals surface area contributed by atoms with Crippen LogP contribution in [0.2, 0.25) is 5.02 Å². The number of hydrogen-bond acceptors (Lipinski definition) is 2. The van der Waals surface area contributed by atoms with E-state index in [0.717, 1.165) is 24.5 Å². The number of benzene rings is 1. The van der Waals surface area contributed by atoms with E-state index in [-0.39, 0.29) is 0 Å². The average molecular weight is 253 g/mol. The van der Waals surface area contributed by atoms with E-state index in [1.165, 1.54) is 31.5 Å². The topological polar surface area (TPSA) is 29.3 Å². The summed E-state index contributed by atoms with van der Waals surface area (Å²) in [5, 5.41) is 0.868. The zero-order chi connectivity index (χ0) is 12.1. The smallest absolute Gasteiger partial charge is 0.0438 e. The molecule has 0 saturated carbocycles. The average Bonchev–Trinajstić information content (AvgIpc) is 2.84. The molecule has 2 nitrogen and oxygen atoms in total. The summed E-state index contributed by atoms with van der Waals surface area (Å²) in [5.74, 6) is 0.521. The number of hydrogen-bond donors (Lipinski definition) is 1. The first kappa shape index (κ1) is 12.9. The van der Waals surface area contributed by atoms with Gasteiger partial charge in [-0.3, -0.25) is 0 Å². The van der Waals surface area contributed by atoms with Gasteiger partial charge in [0.2, 0.25) is 0 Å². The molecule has 0 aliphatic carbocycles. The molecule has 17 heavy (non-hydrogen) atoms. The fourth-order valence-electron chi connectivity index (χ4n) is 2.53. The van der Waals surface area contributed by atoms with Crippen LogP contribution < -0.4 is 5.73 Å². The Hall–Kier alpha value is -0.570. The van der Waals surface area contributed by atoms with Crippen LogP contribution in [0.1, 0.15) is 18.4 Å². The number of rotatable bonds is 5. The highest BCUT2D eigenvalue weighted by atomic mass is 35.5. The number of likely N-dealkylation sites (tertiary alicyclic amines) is 1. The molecule has 1 heterocycles. The van der Waals surface area contributed by atoms with Crippen LogP contribution >= 0.6 is 11.6 Å². The first-order valence-corrected chi connectivity index (χ1v) is 6.83. The van der Waals surface area contributed by atoms with E-state index in [4.69, 9.17) is 17.3 Å². The molecule has 0 spiro atoms. The van der Waals surface area contributed by atoms with E-state index in [1.54, 1.807) is 0 Å². The molecular formula is C14H21ClN2. The second-order valence-corrected chi connectivity index (χ2v) is 5.31. The van der Waals surface area contributed by atoms with Crippen LogP contribution in [0.5, 0.6) is 0 Å². The molecule has 1 aliphatic heterocycles. The van der Waals surface area contributed by atoms with Gasteiger partial charge >= 0.3 is 0 Å². The minimum absolute atomic E-state index is 0.521. The summed E-state index contributed by atoms with van der Waals surface area (Å²) in [5.41, 5.74) is 7.10. The van der Waals surface area contributed by atoms with Gasteiger partial charge in [-0.2, -0.15) is 0 Å². The Bertz CT molecular complexity index is 348. The van der Waals surface area contributed by atoms with Crippen LogP contribution in [0, 0.1) is 5.92 Å². The maximum atomic E-state index is 6.19. The highest BCUT2D eigenvalue weighted by Crippen LogP contribution is 2.20. The molecule has 2 N–H and O–H groups in total. The van der Waals surface area contributed by atoms with E-state index in [2.05, 4.69) is 11.0 Å². The molecule has 1 aromatic rings. The van der Waals surface area contributed by atoms with Crippen LogP contribution in [0.15, 0.2) is 24.3 Å². The van der Waals surface area contributed by atoms with Crippen LogP contribution in [0.3, 0.4) is 0 Å². The van der Waals surface area contributed by atoms with E-state index < -0.39 is 0 Å². The van der Waals surface area contributed by atoms with E-state index in [0.29, 0.717) is 5.92 Å². The van der Waals surface area contributed by atoms with Gasteiger partial charge in [-0.05, 0) is 56.4 Å². The maximum absolute atomic E-state index is 6.19. The molecule has 94 valence electrons. The summed E-state index contributed by atoms with van der Waals surface area (Å²) in [7, 11) is 0. The number of halogens is 1. The zero-order valence-electron chi connectivity index (χ0n) is 10.2. The summed E-state index contributed by atoms with van der Waals surface area (Å²) in [6.45, 7) is 4.32. The highest BCUT2D eigenvalue weighted by Gasteiger charge is 2.17. The third-order valence-electron chi connectivity index (χ3n) is 3.51. The van der Waals surface area contributed by atoms with Crippen molar-refractivity contribution in [1.82, 2.24) is 4.90 Å². The van der Waals surface area contributed by atoms with Gasteiger partial charge in [0, 0.05) is 11.6 Å². The summed E-state index contributed by atoms with van der Waals surface area (Å²) in [6.07, 6.45) is 3.67. The van der Waals surface area contributed by atoms with Gasteiger partial charge in [-0.1, -0.05) is 29.8 Å². The van der Waals surface area contributed by atoms with E-state index >= 15 is 0 Å². The normalized spacial score (nSPS) is 18.5. The standard InChI is InChI=1S/C14H21ClN2/c15-14-6-2-1-5-13(14)9-12(10-16)11-17-7-3-4-8-17/h1-2,5-6,12H,3-4,7-11,16H2. The Morgan fingerprint density at radius 3 is 2.59 bits per heavy atom. The quantitative estimate of drug-likeness (QED) is 0.873. The molecule has 0 amide bonds. The maximum Gasteiger partial charge on any atom is 0.0438 e. The molecule has 1 aliphatic rings. The summed E-state index contributed by atoms with van der Waals surface area (Å²) >= 11 is 6.19. The monoisotopic (exact) mass is 252 g/mol. The van der Waals surface area contributed by atoms with Gasteiger partial charge in [-0.15, -0.1) is 0 Å². The van der Waals surface area contributed by atoms with Crippen molar-refractivity contribution in [2.75, 3.05) is 26.2 Å². The number of nitrogens with two attached hydrogens (primary N) is 1. The molecule has 2 rings (SSSR count). The Morgan fingerprint density at radius 1 is 1.24 bits per heavy atom. The van der Waals surface area contributed by atoms with Gasteiger partial charge in [0.15, 0.2) is 0 Å². The third-order valence-corrected chi connectivity index (χ3v) is 3.88. The Morgan fingerprint density at radius 2 is 1.94 bits per heavy atom. The van der Waals surface area contributed by atoms with E-state index in [9.17, 15) is 0 Å². The Labute approximate surface area is 109 Å². The van der Waals surface area contributed by atoms with Gasteiger partial charge < -0.3 is 10.6 Å². The zero-order valence-corrected chi connectivity index (χ0v) is 11.0. The lowest BCUT2D eigenvalue weighted by atomic mass is 9.99. The third kappa shape index (κ3) is 3.70. The van der Waals surface area contributed by atoms with E-state index in [1.807, 2.05) is 18.2 Å². The van der Waals surface area contributed by atoms with Crippen molar-refractivity contribution in [2.24, 2.45) is 11.7 Å². The summed E-state index contributed by atoms with van der Waals surface area (Å²) < 4.78 is 0. The predicted octanol–water partition coefficient (Wildman–Crippen LogP) is 2.55. The van der Waals surface area contributed by atoms with Gasteiger partial charge in [0.1, 0.15) is 0 Å². The first-order chi connectivity index (χ1) is 8.29. The molecule has 0 radical (unpaired) electrons. The largest absolute Gasteiger partial charge is 0.330 e. The Kier molecular flexibility index (Phi) is 4.84. The second kappa shape index (κ2) is 6.39. The minimum atomic E-state index is 0.521. The molecule has 3 heteroatoms. The Balaban J connectivity index is 1.92. The molecule has 1 atom stereocenters. The van der Waals surface area contributed by atoms with Gasteiger partial charge in [0.05, 0.1) is 0 Å². The predicted molar refractivity (Wildman–Crippen MR) is 73.4 cm³/mol. The van der Waals surface area contributed by atoms with Crippen molar-refractivity contribution >= 4 is 11.6 Å². The lowest BCUT2D eigenvalue weighted by Gasteiger charge is -2.22. The SMILES string of the molecule is NCC(Cc1ccccc1Cl)CN1CCCC1. The molecular weight excluding hydrogens is 232 g/mol. The van der Waals surface area contributed by atoms with Gasteiger partial charge in [-0.25, -0.2) is 0 Å². The molecule has 1 fully saturated rings. The van der Waals surface area contributed by atoms with Crippen LogP contribution in [-0.2, 0) is 6.42 Å².